The maximum absolute atomic E-state index is 11.5. The van der Waals surface area contributed by atoms with Crippen molar-refractivity contribution in [2.45, 2.75) is 26.4 Å². The fourth-order valence-electron chi connectivity index (χ4n) is 1.85. The van der Waals surface area contributed by atoms with E-state index in [1.807, 2.05) is 6.92 Å². The van der Waals surface area contributed by atoms with Crippen molar-refractivity contribution in [3.8, 4) is 11.3 Å². The van der Waals surface area contributed by atoms with Crippen LogP contribution in [0.15, 0.2) is 34.7 Å². The van der Waals surface area contributed by atoms with Gasteiger partial charge in [-0.3, -0.25) is 4.79 Å². The number of anilines is 1. The summed E-state index contributed by atoms with van der Waals surface area (Å²) < 4.78 is 5.44. The van der Waals surface area contributed by atoms with Crippen molar-refractivity contribution in [3.05, 3.63) is 41.1 Å². The first-order chi connectivity index (χ1) is 9.63. The van der Waals surface area contributed by atoms with E-state index in [4.69, 9.17) is 21.1 Å². The fraction of sp³-hybridized carbons (Fsp3) is 0.267. The van der Waals surface area contributed by atoms with Gasteiger partial charge in [-0.2, -0.15) is 0 Å². The van der Waals surface area contributed by atoms with Gasteiger partial charge in [0.1, 0.15) is 18.1 Å². The van der Waals surface area contributed by atoms with E-state index in [9.17, 15) is 4.79 Å². The summed E-state index contributed by atoms with van der Waals surface area (Å²) in [6, 6.07) is 8.69. The number of rotatable bonds is 5. The zero-order valence-electron chi connectivity index (χ0n) is 11.1. The maximum Gasteiger partial charge on any atom is 0.224 e. The highest BCUT2D eigenvalue weighted by Crippen LogP contribution is 2.31. The molecule has 2 N–H and O–H groups in total. The van der Waals surface area contributed by atoms with Gasteiger partial charge in [0.2, 0.25) is 5.91 Å². The third-order valence-corrected chi connectivity index (χ3v) is 3.13. The van der Waals surface area contributed by atoms with Crippen molar-refractivity contribution in [2.75, 3.05) is 5.32 Å². The number of hydrogen-bond acceptors (Lipinski definition) is 3. The number of nitrogens with one attached hydrogen (secondary N) is 1. The monoisotopic (exact) mass is 293 g/mol. The summed E-state index contributed by atoms with van der Waals surface area (Å²) in [5.41, 5.74) is 1.38. The Hall–Kier alpha value is -1.78. The highest BCUT2D eigenvalue weighted by Gasteiger charge is 2.10. The van der Waals surface area contributed by atoms with E-state index in [0.29, 0.717) is 28.7 Å². The van der Waals surface area contributed by atoms with Crippen LogP contribution in [0.4, 0.5) is 5.69 Å². The van der Waals surface area contributed by atoms with Gasteiger partial charge in [-0.25, -0.2) is 0 Å². The van der Waals surface area contributed by atoms with Crippen molar-refractivity contribution in [3.63, 3.8) is 0 Å². The molecule has 0 aliphatic heterocycles. The van der Waals surface area contributed by atoms with E-state index in [0.717, 1.165) is 12.0 Å². The Labute approximate surface area is 122 Å². The van der Waals surface area contributed by atoms with Crippen LogP contribution in [0, 0.1) is 0 Å². The molecule has 2 rings (SSSR count). The maximum atomic E-state index is 11.5. The molecule has 106 valence electrons. The molecule has 0 spiro atoms. The van der Waals surface area contributed by atoms with Crippen LogP contribution < -0.4 is 5.32 Å². The van der Waals surface area contributed by atoms with E-state index in [-0.39, 0.29) is 12.5 Å². The highest BCUT2D eigenvalue weighted by molar-refractivity contribution is 6.33. The summed E-state index contributed by atoms with van der Waals surface area (Å²) in [6.07, 6.45) is 1.28. The molecule has 4 nitrogen and oxygen atoms in total. The van der Waals surface area contributed by atoms with Gasteiger partial charge in [0.05, 0.1) is 5.02 Å². The van der Waals surface area contributed by atoms with Gasteiger partial charge in [-0.1, -0.05) is 18.5 Å². The Balaban J connectivity index is 2.19. The van der Waals surface area contributed by atoms with Crippen LogP contribution in [0.3, 0.4) is 0 Å². The molecule has 0 saturated carbocycles. The second-order valence-electron chi connectivity index (χ2n) is 4.42. The topological polar surface area (TPSA) is 62.5 Å². The van der Waals surface area contributed by atoms with Crippen LogP contribution in [0.5, 0.6) is 0 Å². The average Bonchev–Trinajstić information content (AvgIpc) is 2.87. The molecule has 0 saturated heterocycles. The van der Waals surface area contributed by atoms with Crippen molar-refractivity contribution in [2.24, 2.45) is 0 Å². The van der Waals surface area contributed by atoms with E-state index >= 15 is 0 Å². The Morgan fingerprint density at radius 1 is 1.35 bits per heavy atom. The molecule has 0 aliphatic rings. The quantitative estimate of drug-likeness (QED) is 0.880. The zero-order chi connectivity index (χ0) is 14.5. The third kappa shape index (κ3) is 3.40. The summed E-state index contributed by atoms with van der Waals surface area (Å²) in [4.78, 5) is 11.5. The van der Waals surface area contributed by atoms with Gasteiger partial charge >= 0.3 is 0 Å². The molecule has 0 atom stereocenters. The molecule has 2 aromatic rings. The second kappa shape index (κ2) is 6.59. The summed E-state index contributed by atoms with van der Waals surface area (Å²) >= 11 is 6.20. The van der Waals surface area contributed by atoms with E-state index in [2.05, 4.69) is 5.32 Å². The van der Waals surface area contributed by atoms with Crippen molar-refractivity contribution in [1.29, 1.82) is 0 Å². The first-order valence-electron chi connectivity index (χ1n) is 6.43. The largest absolute Gasteiger partial charge is 0.459 e. The molecule has 1 heterocycles. The predicted octanol–water partition coefficient (Wildman–Crippen LogP) is 3.83. The standard InChI is InChI=1S/C15H16ClNO3/c1-2-3-15(19)17-10-4-6-12(13(16)8-10)14-7-5-11(9-18)20-14/h4-8,18H,2-3,9H2,1H3,(H,17,19). The minimum atomic E-state index is -0.150. The molecule has 1 aromatic carbocycles. The van der Waals surface area contributed by atoms with Crippen molar-refractivity contribution >= 4 is 23.2 Å². The van der Waals surface area contributed by atoms with Crippen molar-refractivity contribution < 1.29 is 14.3 Å². The number of amides is 1. The molecular formula is C15H16ClNO3. The number of furan rings is 1. The molecule has 1 aromatic heterocycles. The van der Waals surface area contributed by atoms with E-state index in [1.165, 1.54) is 0 Å². The summed E-state index contributed by atoms with van der Waals surface area (Å²) in [6.45, 7) is 1.80. The second-order valence-corrected chi connectivity index (χ2v) is 4.82. The number of aliphatic hydroxyl groups excluding tert-OH is 1. The molecular weight excluding hydrogens is 278 g/mol. The first kappa shape index (κ1) is 14.6. The Kier molecular flexibility index (Phi) is 4.82. The Bertz CT molecular complexity index is 607. The fourth-order valence-corrected chi connectivity index (χ4v) is 2.12. The minimum Gasteiger partial charge on any atom is -0.459 e. The van der Waals surface area contributed by atoms with Crippen molar-refractivity contribution in [1.82, 2.24) is 0 Å². The smallest absolute Gasteiger partial charge is 0.224 e. The lowest BCUT2D eigenvalue weighted by Gasteiger charge is -2.07. The van der Waals surface area contributed by atoms with Crippen LogP contribution in [-0.2, 0) is 11.4 Å². The highest BCUT2D eigenvalue weighted by atomic mass is 35.5. The molecule has 0 fully saturated rings. The molecule has 0 radical (unpaired) electrons. The number of carbonyl (C=O) groups is 1. The lowest BCUT2D eigenvalue weighted by molar-refractivity contribution is -0.116. The Morgan fingerprint density at radius 2 is 2.15 bits per heavy atom. The first-order valence-corrected chi connectivity index (χ1v) is 6.81. The lowest BCUT2D eigenvalue weighted by atomic mass is 10.1. The van der Waals surface area contributed by atoms with Crippen LogP contribution in [-0.4, -0.2) is 11.0 Å². The minimum absolute atomic E-state index is 0.0307. The average molecular weight is 294 g/mol. The van der Waals surface area contributed by atoms with Gasteiger partial charge in [0.15, 0.2) is 0 Å². The molecule has 5 heteroatoms. The van der Waals surface area contributed by atoms with E-state index < -0.39 is 0 Å². The lowest BCUT2D eigenvalue weighted by Crippen LogP contribution is -2.10. The number of halogens is 1. The molecule has 1 amide bonds. The van der Waals surface area contributed by atoms with Crippen LogP contribution in [0.1, 0.15) is 25.5 Å². The predicted molar refractivity (Wildman–Crippen MR) is 78.6 cm³/mol. The summed E-state index contributed by atoms with van der Waals surface area (Å²) in [5.74, 6) is 1.04. The van der Waals surface area contributed by atoms with Gasteiger partial charge in [-0.15, -0.1) is 0 Å². The van der Waals surface area contributed by atoms with Gasteiger partial charge in [0, 0.05) is 17.7 Å². The Morgan fingerprint density at radius 3 is 2.75 bits per heavy atom. The molecule has 0 aliphatic carbocycles. The number of benzene rings is 1. The number of carbonyl (C=O) groups excluding carboxylic acids is 1. The summed E-state index contributed by atoms with van der Waals surface area (Å²) in [7, 11) is 0. The van der Waals surface area contributed by atoms with Gasteiger partial charge in [0.25, 0.3) is 0 Å². The normalized spacial score (nSPS) is 10.6. The SMILES string of the molecule is CCCC(=O)Nc1ccc(-c2ccc(CO)o2)c(Cl)c1. The third-order valence-electron chi connectivity index (χ3n) is 2.81. The van der Waals surface area contributed by atoms with E-state index in [1.54, 1.807) is 30.3 Å². The molecule has 0 unspecified atom stereocenters. The number of aliphatic hydroxyl groups is 1. The number of hydrogen-bond donors (Lipinski definition) is 2. The zero-order valence-corrected chi connectivity index (χ0v) is 11.9. The van der Waals surface area contributed by atoms with Crippen LogP contribution in [0.2, 0.25) is 5.02 Å². The van der Waals surface area contributed by atoms with Gasteiger partial charge in [-0.05, 0) is 36.8 Å². The van der Waals surface area contributed by atoms with Gasteiger partial charge < -0.3 is 14.8 Å². The molecule has 20 heavy (non-hydrogen) atoms. The van der Waals surface area contributed by atoms with Crippen LogP contribution in [0.25, 0.3) is 11.3 Å². The molecule has 0 bridgehead atoms. The van der Waals surface area contributed by atoms with Crippen LogP contribution >= 0.6 is 11.6 Å². The summed E-state index contributed by atoms with van der Waals surface area (Å²) in [5, 5.41) is 12.3.